The SMILES string of the molecule is COc1ccc2cc(/C(O)=C3\C(=O)C(=O)N(c4cc(C)on4)C3c3ccc(C)cc3)ccc2c1. The molecular formula is C27H22N2O5. The Morgan fingerprint density at radius 2 is 1.68 bits per heavy atom. The minimum atomic E-state index is -0.850. The first kappa shape index (κ1) is 21.5. The molecule has 5 rings (SSSR count). The van der Waals surface area contributed by atoms with Gasteiger partial charge in [-0.15, -0.1) is 0 Å². The lowest BCUT2D eigenvalue weighted by molar-refractivity contribution is -0.132. The lowest BCUT2D eigenvalue weighted by atomic mass is 9.94. The van der Waals surface area contributed by atoms with Crippen molar-refractivity contribution in [3.63, 3.8) is 0 Å². The first-order chi connectivity index (χ1) is 16.4. The van der Waals surface area contributed by atoms with Crippen molar-refractivity contribution in [2.75, 3.05) is 12.0 Å². The molecule has 1 fully saturated rings. The maximum absolute atomic E-state index is 13.2. The summed E-state index contributed by atoms with van der Waals surface area (Å²) < 4.78 is 10.4. The minimum Gasteiger partial charge on any atom is -0.507 e. The number of benzene rings is 3. The van der Waals surface area contributed by atoms with Gasteiger partial charge in [-0.1, -0.05) is 53.2 Å². The summed E-state index contributed by atoms with van der Waals surface area (Å²) in [5.41, 5.74) is 2.15. The summed E-state index contributed by atoms with van der Waals surface area (Å²) in [6.45, 7) is 3.66. The second-order valence-corrected chi connectivity index (χ2v) is 8.30. The number of aromatic nitrogens is 1. The quantitative estimate of drug-likeness (QED) is 0.263. The molecule has 1 atom stereocenters. The number of nitrogens with zero attached hydrogens (tertiary/aromatic N) is 2. The second-order valence-electron chi connectivity index (χ2n) is 8.30. The summed E-state index contributed by atoms with van der Waals surface area (Å²) in [4.78, 5) is 27.6. The Kier molecular flexibility index (Phi) is 5.17. The number of amides is 1. The van der Waals surface area contributed by atoms with E-state index in [2.05, 4.69) is 5.16 Å². The number of aryl methyl sites for hydroxylation is 2. The zero-order valence-electron chi connectivity index (χ0n) is 18.9. The minimum absolute atomic E-state index is 0.00219. The van der Waals surface area contributed by atoms with Gasteiger partial charge in [0, 0.05) is 11.6 Å². The predicted molar refractivity (Wildman–Crippen MR) is 128 cm³/mol. The number of hydrogen-bond acceptors (Lipinski definition) is 6. The number of fused-ring (bicyclic) bond motifs is 1. The fourth-order valence-corrected chi connectivity index (χ4v) is 4.25. The zero-order valence-corrected chi connectivity index (χ0v) is 18.9. The molecule has 0 saturated carbocycles. The smallest absolute Gasteiger partial charge is 0.301 e. The molecule has 1 saturated heterocycles. The van der Waals surface area contributed by atoms with Gasteiger partial charge in [0.1, 0.15) is 17.3 Å². The third-order valence-corrected chi connectivity index (χ3v) is 6.02. The Hall–Kier alpha value is -4.39. The van der Waals surface area contributed by atoms with Gasteiger partial charge in [0.15, 0.2) is 5.82 Å². The molecule has 1 aliphatic heterocycles. The summed E-state index contributed by atoms with van der Waals surface area (Å²) in [7, 11) is 1.60. The van der Waals surface area contributed by atoms with Gasteiger partial charge < -0.3 is 14.4 Å². The lowest BCUT2D eigenvalue weighted by Gasteiger charge is -2.23. The number of methoxy groups -OCH3 is 1. The Bertz CT molecular complexity index is 1470. The first-order valence-electron chi connectivity index (χ1n) is 10.8. The van der Waals surface area contributed by atoms with Crippen molar-refractivity contribution in [1.82, 2.24) is 5.16 Å². The number of aliphatic hydroxyl groups excluding tert-OH is 1. The van der Waals surface area contributed by atoms with Crippen LogP contribution in [0.15, 0.2) is 76.8 Å². The number of carbonyl (C=O) groups is 2. The maximum atomic E-state index is 13.2. The number of anilines is 1. The standard InChI is InChI=1S/C27H22N2O5/c1-15-4-6-17(7-5-15)24-23(26(31)27(32)29(24)22-12-16(2)34-28-22)25(30)20-9-8-19-14-21(33-3)11-10-18(19)13-20/h4-14,24,30H,1-3H3/b25-23+. The summed E-state index contributed by atoms with van der Waals surface area (Å²) in [5, 5.41) is 17.1. The van der Waals surface area contributed by atoms with Crippen molar-refractivity contribution in [2.24, 2.45) is 0 Å². The molecule has 0 spiro atoms. The van der Waals surface area contributed by atoms with Crippen molar-refractivity contribution in [3.8, 4) is 5.75 Å². The molecule has 4 aromatic rings. The normalized spacial score (nSPS) is 17.5. The van der Waals surface area contributed by atoms with Crippen molar-refractivity contribution >= 4 is 34.0 Å². The van der Waals surface area contributed by atoms with E-state index in [1.165, 1.54) is 4.90 Å². The average Bonchev–Trinajstić information content (AvgIpc) is 3.38. The summed E-state index contributed by atoms with van der Waals surface area (Å²) in [6.07, 6.45) is 0. The molecule has 1 aliphatic rings. The number of carbonyl (C=O) groups excluding carboxylic acids is 2. The predicted octanol–water partition coefficient (Wildman–Crippen LogP) is 5.08. The highest BCUT2D eigenvalue weighted by molar-refractivity contribution is 6.51. The number of aliphatic hydroxyl groups is 1. The van der Waals surface area contributed by atoms with Gasteiger partial charge in [0.05, 0.1) is 18.7 Å². The van der Waals surface area contributed by atoms with Crippen LogP contribution in [0.25, 0.3) is 16.5 Å². The first-order valence-corrected chi connectivity index (χ1v) is 10.8. The van der Waals surface area contributed by atoms with Gasteiger partial charge in [-0.2, -0.15) is 0 Å². The van der Waals surface area contributed by atoms with Crippen LogP contribution < -0.4 is 9.64 Å². The molecule has 34 heavy (non-hydrogen) atoms. The van der Waals surface area contributed by atoms with E-state index in [1.807, 2.05) is 55.5 Å². The van der Waals surface area contributed by atoms with E-state index >= 15 is 0 Å². The number of ether oxygens (including phenoxy) is 1. The van der Waals surface area contributed by atoms with Gasteiger partial charge in [-0.05, 0) is 48.4 Å². The van der Waals surface area contributed by atoms with Crippen molar-refractivity contribution in [2.45, 2.75) is 19.9 Å². The molecule has 0 radical (unpaired) electrons. The van der Waals surface area contributed by atoms with Crippen LogP contribution in [0, 0.1) is 13.8 Å². The van der Waals surface area contributed by atoms with Gasteiger partial charge in [-0.3, -0.25) is 14.5 Å². The summed E-state index contributed by atoms with van der Waals surface area (Å²) >= 11 is 0. The number of rotatable bonds is 4. The van der Waals surface area contributed by atoms with Gasteiger partial charge >= 0.3 is 5.91 Å². The van der Waals surface area contributed by atoms with Crippen LogP contribution in [0.2, 0.25) is 0 Å². The van der Waals surface area contributed by atoms with Gasteiger partial charge in [-0.25, -0.2) is 0 Å². The molecule has 0 bridgehead atoms. The molecule has 0 aliphatic carbocycles. The third-order valence-electron chi connectivity index (χ3n) is 6.02. The van der Waals surface area contributed by atoms with Gasteiger partial charge in [0.25, 0.3) is 5.78 Å². The van der Waals surface area contributed by atoms with Crippen LogP contribution in [0.4, 0.5) is 5.82 Å². The average molecular weight is 454 g/mol. The maximum Gasteiger partial charge on any atom is 0.301 e. The monoisotopic (exact) mass is 454 g/mol. The molecule has 1 amide bonds. The van der Waals surface area contributed by atoms with E-state index in [9.17, 15) is 14.7 Å². The molecular weight excluding hydrogens is 432 g/mol. The fraction of sp³-hybridized carbons (Fsp3) is 0.148. The van der Waals surface area contributed by atoms with Crippen molar-refractivity contribution in [3.05, 3.63) is 94.8 Å². The van der Waals surface area contributed by atoms with Crippen LogP contribution in [-0.2, 0) is 9.59 Å². The van der Waals surface area contributed by atoms with Crippen LogP contribution >= 0.6 is 0 Å². The topological polar surface area (TPSA) is 92.9 Å². The second kappa shape index (κ2) is 8.19. The van der Waals surface area contributed by atoms with E-state index in [0.717, 1.165) is 22.1 Å². The van der Waals surface area contributed by atoms with Crippen LogP contribution in [0.1, 0.15) is 28.5 Å². The zero-order chi connectivity index (χ0) is 24.0. The molecule has 1 aromatic heterocycles. The third kappa shape index (κ3) is 3.51. The molecule has 7 nitrogen and oxygen atoms in total. The highest BCUT2D eigenvalue weighted by atomic mass is 16.5. The fourth-order valence-electron chi connectivity index (χ4n) is 4.25. The van der Waals surface area contributed by atoms with Gasteiger partial charge in [0.2, 0.25) is 0 Å². The molecule has 2 heterocycles. The number of ketones is 1. The Morgan fingerprint density at radius 3 is 2.35 bits per heavy atom. The van der Waals surface area contributed by atoms with E-state index < -0.39 is 17.7 Å². The molecule has 1 unspecified atom stereocenters. The lowest BCUT2D eigenvalue weighted by Crippen LogP contribution is -2.29. The van der Waals surface area contributed by atoms with Crippen molar-refractivity contribution < 1.29 is 24.0 Å². The van der Waals surface area contributed by atoms with E-state index in [4.69, 9.17) is 9.26 Å². The molecule has 3 aromatic carbocycles. The van der Waals surface area contributed by atoms with Crippen molar-refractivity contribution in [1.29, 1.82) is 0 Å². The summed E-state index contributed by atoms with van der Waals surface area (Å²) in [6, 6.07) is 19.1. The highest BCUT2D eigenvalue weighted by Gasteiger charge is 2.48. The van der Waals surface area contributed by atoms with Crippen LogP contribution in [0.3, 0.4) is 0 Å². The molecule has 7 heteroatoms. The Balaban J connectivity index is 1.69. The van der Waals surface area contributed by atoms with E-state index in [0.29, 0.717) is 16.9 Å². The highest BCUT2D eigenvalue weighted by Crippen LogP contribution is 2.42. The number of Topliss-reactive ketones (excluding diaryl/α,β-unsaturated/α-hetero) is 1. The Morgan fingerprint density at radius 1 is 0.971 bits per heavy atom. The van der Waals surface area contributed by atoms with Crippen LogP contribution in [0.5, 0.6) is 5.75 Å². The van der Waals surface area contributed by atoms with Crippen LogP contribution in [-0.4, -0.2) is 29.1 Å². The largest absolute Gasteiger partial charge is 0.507 e. The van der Waals surface area contributed by atoms with E-state index in [1.54, 1.807) is 32.2 Å². The van der Waals surface area contributed by atoms with E-state index in [-0.39, 0.29) is 17.2 Å². The Labute approximate surface area is 195 Å². The summed E-state index contributed by atoms with van der Waals surface area (Å²) in [5.74, 6) is -0.356. The molecule has 1 N–H and O–H groups in total. The number of hydrogen-bond donors (Lipinski definition) is 1. The molecule has 170 valence electrons.